The largest absolute Gasteiger partial charge is 0.494 e. The molecule has 0 aliphatic carbocycles. The van der Waals surface area contributed by atoms with Crippen LogP contribution in [0.25, 0.3) is 27.6 Å². The molecule has 0 spiro atoms. The van der Waals surface area contributed by atoms with Crippen LogP contribution in [-0.2, 0) is 5.75 Å². The Morgan fingerprint density at radius 3 is 2.66 bits per heavy atom. The highest BCUT2D eigenvalue weighted by Gasteiger charge is 2.17. The van der Waals surface area contributed by atoms with Gasteiger partial charge in [-0.3, -0.25) is 9.36 Å². The van der Waals surface area contributed by atoms with E-state index in [4.69, 9.17) is 9.72 Å². The summed E-state index contributed by atoms with van der Waals surface area (Å²) in [6, 6.07) is 21.5. The summed E-state index contributed by atoms with van der Waals surface area (Å²) in [5.41, 5.74) is 3.27. The first kappa shape index (κ1) is 20.3. The summed E-state index contributed by atoms with van der Waals surface area (Å²) in [7, 11) is 0. The zero-order valence-electron chi connectivity index (χ0n) is 17.3. The minimum atomic E-state index is -0.285. The SMILES string of the molecule is CCOc1ccc(-n2c(SCc3cccc(F)c3)nc3c([nH]c4ccccc43)c2=O)cc1. The Balaban J connectivity index is 1.66. The maximum absolute atomic E-state index is 13.6. The van der Waals surface area contributed by atoms with Crippen LogP contribution in [0.15, 0.2) is 82.7 Å². The van der Waals surface area contributed by atoms with Crippen LogP contribution >= 0.6 is 11.8 Å². The highest BCUT2D eigenvalue weighted by molar-refractivity contribution is 7.98. The number of para-hydroxylation sites is 1. The molecule has 0 fully saturated rings. The first-order valence-corrected chi connectivity index (χ1v) is 11.3. The Morgan fingerprint density at radius 1 is 1.06 bits per heavy atom. The average Bonchev–Trinajstić information content (AvgIpc) is 3.18. The third-order valence-corrected chi connectivity index (χ3v) is 6.17. The molecule has 0 saturated heterocycles. The van der Waals surface area contributed by atoms with E-state index < -0.39 is 0 Å². The van der Waals surface area contributed by atoms with Crippen LogP contribution in [-0.4, -0.2) is 21.1 Å². The third-order valence-electron chi connectivity index (χ3n) is 5.16. The van der Waals surface area contributed by atoms with Crippen molar-refractivity contribution >= 4 is 33.7 Å². The second kappa shape index (κ2) is 8.51. The Bertz CT molecular complexity index is 1470. The lowest BCUT2D eigenvalue weighted by molar-refractivity contribution is 0.340. The van der Waals surface area contributed by atoms with Gasteiger partial charge in [-0.25, -0.2) is 9.37 Å². The van der Waals surface area contributed by atoms with E-state index in [-0.39, 0.29) is 11.4 Å². The number of nitrogens with one attached hydrogen (secondary N) is 1. The van der Waals surface area contributed by atoms with Crippen molar-refractivity contribution in [3.63, 3.8) is 0 Å². The molecule has 32 heavy (non-hydrogen) atoms. The van der Waals surface area contributed by atoms with E-state index in [1.54, 1.807) is 10.6 Å². The maximum Gasteiger partial charge on any atom is 0.283 e. The molecule has 0 atom stereocenters. The Labute approximate surface area is 187 Å². The van der Waals surface area contributed by atoms with Gasteiger partial charge in [0.15, 0.2) is 5.16 Å². The molecule has 5 aromatic rings. The van der Waals surface area contributed by atoms with E-state index in [0.717, 1.165) is 22.2 Å². The highest BCUT2D eigenvalue weighted by Crippen LogP contribution is 2.28. The minimum absolute atomic E-state index is 0.183. The summed E-state index contributed by atoms with van der Waals surface area (Å²) in [5, 5.41) is 1.44. The number of rotatable bonds is 6. The Morgan fingerprint density at radius 2 is 1.88 bits per heavy atom. The molecule has 160 valence electrons. The fraction of sp³-hybridized carbons (Fsp3) is 0.120. The molecular weight excluding hydrogens is 425 g/mol. The molecule has 0 bridgehead atoms. The number of ether oxygens (including phenoxy) is 1. The summed E-state index contributed by atoms with van der Waals surface area (Å²) in [4.78, 5) is 21.7. The number of H-pyrrole nitrogens is 1. The highest BCUT2D eigenvalue weighted by atomic mass is 32.2. The molecule has 0 aliphatic rings. The van der Waals surface area contributed by atoms with Crippen LogP contribution in [0.2, 0.25) is 0 Å². The van der Waals surface area contributed by atoms with Crippen LogP contribution < -0.4 is 10.3 Å². The lowest BCUT2D eigenvalue weighted by Crippen LogP contribution is -2.21. The molecule has 0 unspecified atom stereocenters. The second-order valence-electron chi connectivity index (χ2n) is 7.27. The van der Waals surface area contributed by atoms with Crippen molar-refractivity contribution in [2.24, 2.45) is 0 Å². The Hall–Kier alpha value is -3.58. The van der Waals surface area contributed by atoms with Crippen molar-refractivity contribution in [2.75, 3.05) is 6.61 Å². The van der Waals surface area contributed by atoms with Gasteiger partial charge in [-0.15, -0.1) is 0 Å². The van der Waals surface area contributed by atoms with E-state index in [1.165, 1.54) is 23.9 Å². The number of fused-ring (bicyclic) bond motifs is 3. The van der Waals surface area contributed by atoms with Crippen LogP contribution in [0.1, 0.15) is 12.5 Å². The van der Waals surface area contributed by atoms with E-state index in [2.05, 4.69) is 4.98 Å². The Kier molecular flexibility index (Phi) is 5.41. The smallest absolute Gasteiger partial charge is 0.283 e. The van der Waals surface area contributed by atoms with Crippen molar-refractivity contribution < 1.29 is 9.13 Å². The predicted molar refractivity (Wildman–Crippen MR) is 126 cm³/mol. The minimum Gasteiger partial charge on any atom is -0.494 e. The molecule has 5 nitrogen and oxygen atoms in total. The van der Waals surface area contributed by atoms with Crippen LogP contribution in [0, 0.1) is 5.82 Å². The van der Waals surface area contributed by atoms with E-state index in [9.17, 15) is 9.18 Å². The molecular formula is C25H20FN3O2S. The summed E-state index contributed by atoms with van der Waals surface area (Å²) >= 11 is 1.40. The first-order valence-electron chi connectivity index (χ1n) is 10.3. The molecule has 7 heteroatoms. The molecule has 1 N–H and O–H groups in total. The zero-order valence-corrected chi connectivity index (χ0v) is 18.2. The standard InChI is InChI=1S/C25H20FN3O2S/c1-2-31-19-12-10-18(11-13-19)29-24(30)23-22(20-8-3-4-9-21(20)27-23)28-25(29)32-15-16-6-5-7-17(26)14-16/h3-14,27H,2,15H2,1H3. The molecule has 0 aliphatic heterocycles. The van der Waals surface area contributed by atoms with E-state index >= 15 is 0 Å². The fourth-order valence-corrected chi connectivity index (χ4v) is 4.65. The predicted octanol–water partition coefficient (Wildman–Crippen LogP) is 5.70. The topological polar surface area (TPSA) is 59.9 Å². The summed E-state index contributed by atoms with van der Waals surface area (Å²) in [6.07, 6.45) is 0. The monoisotopic (exact) mass is 445 g/mol. The van der Waals surface area contributed by atoms with E-state index in [0.29, 0.717) is 34.2 Å². The van der Waals surface area contributed by atoms with Crippen LogP contribution in [0.3, 0.4) is 0 Å². The summed E-state index contributed by atoms with van der Waals surface area (Å²) in [6.45, 7) is 2.49. The molecule has 0 saturated carbocycles. The number of halogens is 1. The van der Waals surface area contributed by atoms with Gasteiger partial charge in [0.05, 0.1) is 12.3 Å². The van der Waals surface area contributed by atoms with Crippen molar-refractivity contribution in [3.8, 4) is 11.4 Å². The molecule has 2 heterocycles. The van der Waals surface area contributed by atoms with Gasteiger partial charge in [-0.2, -0.15) is 0 Å². The van der Waals surface area contributed by atoms with Gasteiger partial charge >= 0.3 is 0 Å². The summed E-state index contributed by atoms with van der Waals surface area (Å²) in [5.74, 6) is 0.930. The second-order valence-corrected chi connectivity index (χ2v) is 8.22. The van der Waals surface area contributed by atoms with Gasteiger partial charge in [-0.1, -0.05) is 42.1 Å². The average molecular weight is 446 g/mol. The van der Waals surface area contributed by atoms with Crippen molar-refractivity contribution in [1.82, 2.24) is 14.5 Å². The van der Waals surface area contributed by atoms with Gasteiger partial charge in [0.2, 0.25) is 0 Å². The lowest BCUT2D eigenvalue weighted by Gasteiger charge is -2.13. The number of nitrogens with zero attached hydrogens (tertiary/aromatic N) is 2. The molecule has 0 radical (unpaired) electrons. The van der Waals surface area contributed by atoms with Crippen molar-refractivity contribution in [2.45, 2.75) is 17.8 Å². The number of aromatic nitrogens is 3. The number of hydrogen-bond acceptors (Lipinski definition) is 4. The van der Waals surface area contributed by atoms with Gasteiger partial charge in [-0.05, 0) is 55.0 Å². The zero-order chi connectivity index (χ0) is 22.1. The molecule has 5 rings (SSSR count). The lowest BCUT2D eigenvalue weighted by atomic mass is 10.2. The molecule has 3 aromatic carbocycles. The normalized spacial score (nSPS) is 11.3. The van der Waals surface area contributed by atoms with Crippen molar-refractivity contribution in [3.05, 3.63) is 94.5 Å². The maximum atomic E-state index is 13.6. The number of hydrogen-bond donors (Lipinski definition) is 1. The van der Waals surface area contributed by atoms with Crippen molar-refractivity contribution in [1.29, 1.82) is 0 Å². The number of benzene rings is 3. The van der Waals surface area contributed by atoms with Gasteiger partial charge in [0, 0.05) is 16.7 Å². The van der Waals surface area contributed by atoms with Crippen LogP contribution in [0.5, 0.6) is 5.75 Å². The number of aromatic amines is 1. The van der Waals surface area contributed by atoms with Gasteiger partial charge in [0.1, 0.15) is 22.6 Å². The van der Waals surface area contributed by atoms with E-state index in [1.807, 2.05) is 61.5 Å². The van der Waals surface area contributed by atoms with Gasteiger partial charge < -0.3 is 9.72 Å². The fourth-order valence-electron chi connectivity index (χ4n) is 3.70. The molecule has 2 aromatic heterocycles. The number of thioether (sulfide) groups is 1. The van der Waals surface area contributed by atoms with Crippen LogP contribution in [0.4, 0.5) is 4.39 Å². The quantitative estimate of drug-likeness (QED) is 0.269. The third kappa shape index (κ3) is 3.76. The molecule has 0 amide bonds. The summed E-state index contributed by atoms with van der Waals surface area (Å²) < 4.78 is 20.8. The van der Waals surface area contributed by atoms with Gasteiger partial charge in [0.25, 0.3) is 5.56 Å². The first-order chi connectivity index (χ1) is 15.6.